The fourth-order valence-electron chi connectivity index (χ4n) is 11.2. The molecule has 0 heterocycles. The van der Waals surface area contributed by atoms with Crippen molar-refractivity contribution in [2.45, 2.75) is 411 Å². The summed E-state index contributed by atoms with van der Waals surface area (Å²) in [5.41, 5.74) is 0. The van der Waals surface area contributed by atoms with Crippen molar-refractivity contribution in [1.82, 2.24) is 5.32 Å². The molecule has 2 unspecified atom stereocenters. The van der Waals surface area contributed by atoms with Gasteiger partial charge in [0.25, 0.3) is 0 Å². The molecule has 6 nitrogen and oxygen atoms in total. The summed E-state index contributed by atoms with van der Waals surface area (Å²) < 4.78 is 5.50. The number of hydrogen-bond donors (Lipinski definition) is 3. The Morgan fingerprint density at radius 2 is 0.618 bits per heavy atom. The van der Waals surface area contributed by atoms with Crippen LogP contribution in [-0.2, 0) is 14.3 Å². The van der Waals surface area contributed by atoms with Crippen molar-refractivity contribution in [1.29, 1.82) is 0 Å². The van der Waals surface area contributed by atoms with Gasteiger partial charge in [0.05, 0.1) is 25.4 Å². The maximum atomic E-state index is 12.5. The average molecular weight is 1070 g/mol. The van der Waals surface area contributed by atoms with Crippen molar-refractivity contribution in [3.05, 3.63) is 12.2 Å². The third kappa shape index (κ3) is 61.8. The van der Waals surface area contributed by atoms with E-state index in [1.807, 2.05) is 0 Å². The number of hydrogen-bond acceptors (Lipinski definition) is 5. The van der Waals surface area contributed by atoms with Crippen LogP contribution in [-0.4, -0.2) is 47.4 Å². The van der Waals surface area contributed by atoms with Crippen LogP contribution in [0, 0.1) is 0 Å². The van der Waals surface area contributed by atoms with Gasteiger partial charge in [-0.2, -0.15) is 0 Å². The molecule has 1 amide bonds. The Hall–Kier alpha value is -1.40. The van der Waals surface area contributed by atoms with Crippen LogP contribution in [0.4, 0.5) is 0 Å². The van der Waals surface area contributed by atoms with Gasteiger partial charge in [-0.05, 0) is 51.4 Å². The molecule has 0 saturated heterocycles. The number of allylic oxidation sites excluding steroid dienone is 2. The Labute approximate surface area is 476 Å². The topological polar surface area (TPSA) is 95.9 Å². The number of carbonyl (C=O) groups is 2. The van der Waals surface area contributed by atoms with Crippen LogP contribution in [0.25, 0.3) is 0 Å². The van der Waals surface area contributed by atoms with Crippen molar-refractivity contribution in [2.75, 3.05) is 13.2 Å². The largest absolute Gasteiger partial charge is 0.466 e. The Morgan fingerprint density at radius 3 is 0.934 bits per heavy atom. The van der Waals surface area contributed by atoms with E-state index in [9.17, 15) is 19.8 Å². The smallest absolute Gasteiger partial charge is 0.305 e. The van der Waals surface area contributed by atoms with Gasteiger partial charge in [0.1, 0.15) is 0 Å². The molecule has 3 N–H and O–H groups in total. The van der Waals surface area contributed by atoms with Gasteiger partial charge in [-0.15, -0.1) is 0 Å². The molecule has 0 aliphatic rings. The summed E-state index contributed by atoms with van der Waals surface area (Å²) in [5, 5.41) is 23.4. The van der Waals surface area contributed by atoms with Crippen LogP contribution in [0.1, 0.15) is 399 Å². The molecule has 0 radical (unpaired) electrons. The molecule has 452 valence electrons. The van der Waals surface area contributed by atoms with Gasteiger partial charge in [0, 0.05) is 12.8 Å². The number of nitrogens with one attached hydrogen (secondary N) is 1. The molecule has 0 saturated carbocycles. The zero-order chi connectivity index (χ0) is 55.0. The predicted octanol–water partition coefficient (Wildman–Crippen LogP) is 22.4. The van der Waals surface area contributed by atoms with Crippen LogP contribution >= 0.6 is 0 Å². The molecule has 0 aliphatic heterocycles. The van der Waals surface area contributed by atoms with E-state index in [1.165, 1.54) is 315 Å². The van der Waals surface area contributed by atoms with Crippen LogP contribution < -0.4 is 5.32 Å². The van der Waals surface area contributed by atoms with Gasteiger partial charge >= 0.3 is 5.97 Å². The third-order valence-electron chi connectivity index (χ3n) is 16.6. The minimum absolute atomic E-state index is 0.00408. The number of amides is 1. The van der Waals surface area contributed by atoms with E-state index < -0.39 is 12.1 Å². The van der Waals surface area contributed by atoms with Gasteiger partial charge in [-0.25, -0.2) is 0 Å². The molecule has 2 atom stereocenters. The Morgan fingerprint density at radius 1 is 0.355 bits per heavy atom. The lowest BCUT2D eigenvalue weighted by molar-refractivity contribution is -0.143. The summed E-state index contributed by atoms with van der Waals surface area (Å²) in [6.07, 6.45) is 81.0. The summed E-state index contributed by atoms with van der Waals surface area (Å²) in [6.45, 7) is 4.98. The lowest BCUT2D eigenvalue weighted by Crippen LogP contribution is -2.45. The van der Waals surface area contributed by atoms with Crippen molar-refractivity contribution >= 4 is 11.9 Å². The summed E-state index contributed by atoms with van der Waals surface area (Å²) in [7, 11) is 0. The van der Waals surface area contributed by atoms with Gasteiger partial charge in [0.15, 0.2) is 0 Å². The second-order valence-corrected chi connectivity index (χ2v) is 24.2. The molecule has 0 aromatic carbocycles. The fourth-order valence-corrected chi connectivity index (χ4v) is 11.2. The second-order valence-electron chi connectivity index (χ2n) is 24.2. The van der Waals surface area contributed by atoms with E-state index in [0.717, 1.165) is 51.4 Å². The molecule has 0 aromatic heterocycles. The number of esters is 1. The molecular formula is C70H137NO5. The molecule has 0 rings (SSSR count). The molecule has 76 heavy (non-hydrogen) atoms. The van der Waals surface area contributed by atoms with Crippen molar-refractivity contribution in [3.63, 3.8) is 0 Å². The Bertz CT molecular complexity index is 1140. The van der Waals surface area contributed by atoms with E-state index in [4.69, 9.17) is 4.74 Å². The maximum Gasteiger partial charge on any atom is 0.305 e. The monoisotopic (exact) mass is 1070 g/mol. The number of carbonyl (C=O) groups excluding carboxylic acids is 2. The third-order valence-corrected chi connectivity index (χ3v) is 16.6. The Balaban J connectivity index is 3.42. The van der Waals surface area contributed by atoms with Gasteiger partial charge in [0.2, 0.25) is 5.91 Å². The predicted molar refractivity (Wildman–Crippen MR) is 333 cm³/mol. The van der Waals surface area contributed by atoms with E-state index >= 15 is 0 Å². The van der Waals surface area contributed by atoms with Gasteiger partial charge in [-0.3, -0.25) is 9.59 Å². The maximum absolute atomic E-state index is 12.5. The van der Waals surface area contributed by atoms with Crippen LogP contribution in [0.5, 0.6) is 0 Å². The molecular weight excluding hydrogens is 935 g/mol. The highest BCUT2D eigenvalue weighted by atomic mass is 16.5. The highest BCUT2D eigenvalue weighted by Crippen LogP contribution is 2.19. The molecule has 0 aliphatic carbocycles. The highest BCUT2D eigenvalue weighted by Gasteiger charge is 2.20. The van der Waals surface area contributed by atoms with E-state index in [2.05, 4.69) is 31.3 Å². The second kappa shape index (κ2) is 66.1. The van der Waals surface area contributed by atoms with E-state index in [0.29, 0.717) is 25.9 Å². The first-order chi connectivity index (χ1) is 37.5. The quantitative estimate of drug-likeness (QED) is 0.0320. The highest BCUT2D eigenvalue weighted by molar-refractivity contribution is 5.76. The summed E-state index contributed by atoms with van der Waals surface area (Å²) in [5.74, 6) is -0.0377. The fraction of sp³-hybridized carbons (Fsp3) is 0.943. The van der Waals surface area contributed by atoms with E-state index in [-0.39, 0.29) is 18.5 Å². The van der Waals surface area contributed by atoms with Crippen molar-refractivity contribution < 1.29 is 24.5 Å². The van der Waals surface area contributed by atoms with Gasteiger partial charge < -0.3 is 20.3 Å². The molecule has 0 bridgehead atoms. The Kier molecular flexibility index (Phi) is 64.9. The normalized spacial score (nSPS) is 12.5. The lowest BCUT2D eigenvalue weighted by Gasteiger charge is -2.22. The van der Waals surface area contributed by atoms with Crippen LogP contribution in [0.3, 0.4) is 0 Å². The minimum Gasteiger partial charge on any atom is -0.466 e. The first kappa shape index (κ1) is 74.6. The SMILES string of the molecule is CCCCCCCCCCCCCCCCCCCCCCCCCCC(O)C(CO)NC(=O)CCCCCCCCC/C=C\CCCCCCCCOC(=O)CCCCCCCCCCCCCCCCCCCC. The first-order valence-corrected chi connectivity index (χ1v) is 34.9. The molecule has 6 heteroatoms. The number of unbranched alkanes of at least 4 members (excludes halogenated alkanes) is 53. The van der Waals surface area contributed by atoms with Gasteiger partial charge in [-0.1, -0.05) is 347 Å². The van der Waals surface area contributed by atoms with Crippen LogP contribution in [0.2, 0.25) is 0 Å². The average Bonchev–Trinajstić information content (AvgIpc) is 3.42. The van der Waals surface area contributed by atoms with Crippen molar-refractivity contribution in [2.24, 2.45) is 0 Å². The molecule has 0 fully saturated rings. The summed E-state index contributed by atoms with van der Waals surface area (Å²) in [6, 6.07) is -0.551. The number of rotatable bonds is 66. The van der Waals surface area contributed by atoms with Crippen LogP contribution in [0.15, 0.2) is 12.2 Å². The first-order valence-electron chi connectivity index (χ1n) is 34.9. The molecule has 0 spiro atoms. The summed E-state index contributed by atoms with van der Waals surface area (Å²) in [4.78, 5) is 24.7. The standard InChI is InChI=1S/C70H137NO5/c1-3-5-7-9-11-13-15-17-19-21-23-24-25-26-27-28-30-34-38-42-46-50-54-58-62-68(73)67(66-72)71-69(74)63-59-55-51-47-43-39-35-31-29-33-37-41-45-49-53-57-61-65-76-70(75)64-60-56-52-48-44-40-36-32-22-20-18-16-14-12-10-8-6-4-2/h29,33,67-68,72-73H,3-28,30-32,34-66H2,1-2H3,(H,71,74)/b33-29-. The minimum atomic E-state index is -0.673. The van der Waals surface area contributed by atoms with E-state index in [1.54, 1.807) is 0 Å². The number of aliphatic hydroxyl groups excluding tert-OH is 2. The number of aliphatic hydroxyl groups is 2. The van der Waals surface area contributed by atoms with Crippen molar-refractivity contribution in [3.8, 4) is 0 Å². The zero-order valence-electron chi connectivity index (χ0n) is 51.8. The number of ether oxygens (including phenoxy) is 1. The lowest BCUT2D eigenvalue weighted by atomic mass is 10.0. The summed E-state index contributed by atoms with van der Waals surface area (Å²) >= 11 is 0. The molecule has 0 aromatic rings. The zero-order valence-corrected chi connectivity index (χ0v) is 51.8.